The smallest absolute Gasteiger partial charge is 0.0683 e. The van der Waals surface area contributed by atoms with Crippen molar-refractivity contribution in [2.75, 3.05) is 0 Å². The molecule has 0 aliphatic carbocycles. The summed E-state index contributed by atoms with van der Waals surface area (Å²) in [5.74, 6) is 0.497. The predicted octanol–water partition coefficient (Wildman–Crippen LogP) is 2.91. The second-order valence-corrected chi connectivity index (χ2v) is 5.73. The summed E-state index contributed by atoms with van der Waals surface area (Å²) in [5.41, 5.74) is 3.43. The number of nitrogens with zero attached hydrogens (tertiary/aromatic N) is 4. The molecule has 0 saturated carbocycles. The van der Waals surface area contributed by atoms with Gasteiger partial charge in [0, 0.05) is 41.9 Å². The van der Waals surface area contributed by atoms with E-state index in [-0.39, 0.29) is 0 Å². The van der Waals surface area contributed by atoms with Gasteiger partial charge < -0.3 is 0 Å². The van der Waals surface area contributed by atoms with Gasteiger partial charge in [0.05, 0.1) is 17.9 Å². The second-order valence-electron chi connectivity index (χ2n) is 5.73. The summed E-state index contributed by atoms with van der Waals surface area (Å²) in [5, 5.41) is 12.5. The highest BCUT2D eigenvalue weighted by Gasteiger charge is 2.18. The van der Waals surface area contributed by atoms with Crippen LogP contribution < -0.4 is 0 Å². The molecule has 0 spiro atoms. The van der Waals surface area contributed by atoms with E-state index in [1.54, 1.807) is 0 Å². The maximum atomic E-state index is 4.54. The Kier molecular flexibility index (Phi) is 2.84. The molecule has 106 valence electrons. The van der Waals surface area contributed by atoms with Gasteiger partial charge in [-0.05, 0) is 31.0 Å². The molecule has 4 rings (SSSR count). The number of fused-ring (bicyclic) bond motifs is 1. The predicted molar refractivity (Wildman–Crippen MR) is 83.4 cm³/mol. The van der Waals surface area contributed by atoms with Crippen LogP contribution in [0.25, 0.3) is 22.0 Å². The van der Waals surface area contributed by atoms with Crippen LogP contribution in [-0.4, -0.2) is 32.2 Å². The Hall–Kier alpha value is -2.43. The number of H-pyrrole nitrogens is 1. The molecule has 3 aromatic rings. The Morgan fingerprint density at radius 2 is 2.24 bits per heavy atom. The average Bonchev–Trinajstić information content (AvgIpc) is 3.21. The molecular weight excluding hydrogens is 262 g/mol. The number of aromatic amines is 1. The van der Waals surface area contributed by atoms with Crippen LogP contribution >= 0.6 is 0 Å². The fourth-order valence-electron chi connectivity index (χ4n) is 2.99. The molecule has 3 heterocycles. The van der Waals surface area contributed by atoms with Crippen LogP contribution in [0.3, 0.4) is 0 Å². The largest absolute Gasteiger partial charge is 0.294 e. The first-order valence-electron chi connectivity index (χ1n) is 7.27. The summed E-state index contributed by atoms with van der Waals surface area (Å²) in [4.78, 5) is 4.45. The Labute approximate surface area is 122 Å². The highest BCUT2D eigenvalue weighted by atomic mass is 15.3. The summed E-state index contributed by atoms with van der Waals surface area (Å²) in [7, 11) is 0. The molecule has 0 bridgehead atoms. The van der Waals surface area contributed by atoms with E-state index in [0.717, 1.165) is 29.5 Å². The second kappa shape index (κ2) is 4.84. The quantitative estimate of drug-likeness (QED) is 0.801. The monoisotopic (exact) mass is 279 g/mol. The molecule has 1 N–H and O–H groups in total. The van der Waals surface area contributed by atoms with E-state index in [1.165, 1.54) is 5.52 Å². The van der Waals surface area contributed by atoms with Gasteiger partial charge in [0.15, 0.2) is 0 Å². The molecule has 0 amide bonds. The molecule has 2 aromatic heterocycles. The van der Waals surface area contributed by atoms with Gasteiger partial charge in [-0.15, -0.1) is 0 Å². The van der Waals surface area contributed by atoms with Gasteiger partial charge in [0.2, 0.25) is 0 Å². The van der Waals surface area contributed by atoms with Crippen molar-refractivity contribution in [1.29, 1.82) is 0 Å². The fourth-order valence-corrected chi connectivity index (χ4v) is 2.99. The molecule has 2 atom stereocenters. The minimum atomic E-state index is 0.449. The Morgan fingerprint density at radius 1 is 1.29 bits per heavy atom. The lowest BCUT2D eigenvalue weighted by Crippen LogP contribution is -2.12. The maximum Gasteiger partial charge on any atom is 0.0683 e. The minimum absolute atomic E-state index is 0.449. The van der Waals surface area contributed by atoms with E-state index in [4.69, 9.17) is 0 Å². The van der Waals surface area contributed by atoms with E-state index >= 15 is 0 Å². The zero-order chi connectivity index (χ0) is 14.2. The van der Waals surface area contributed by atoms with Gasteiger partial charge in [-0.25, -0.2) is 0 Å². The normalized spacial score (nSPS) is 21.4. The van der Waals surface area contributed by atoms with Crippen LogP contribution in [0.15, 0.2) is 41.8 Å². The molecule has 1 aliphatic rings. The van der Waals surface area contributed by atoms with Crippen LogP contribution in [0.4, 0.5) is 0 Å². The molecule has 5 heteroatoms. The third-order valence-corrected chi connectivity index (χ3v) is 4.08. The number of rotatable bonds is 3. The van der Waals surface area contributed by atoms with Crippen molar-refractivity contribution in [2.24, 2.45) is 10.9 Å². The van der Waals surface area contributed by atoms with Gasteiger partial charge in [-0.2, -0.15) is 10.2 Å². The van der Waals surface area contributed by atoms with E-state index in [2.05, 4.69) is 56.3 Å². The number of benzene rings is 1. The Bertz CT molecular complexity index is 784. The Morgan fingerprint density at radius 3 is 3.00 bits per heavy atom. The summed E-state index contributed by atoms with van der Waals surface area (Å²) < 4.78 is 2.09. The third-order valence-electron chi connectivity index (χ3n) is 4.08. The van der Waals surface area contributed by atoms with Crippen LogP contribution in [0, 0.1) is 5.92 Å². The standard InChI is InChI=1S/C16H17N5/c1-11-4-12(6-17-11)10-21-16-3-2-13(5-14(16)9-20-21)15-7-18-19-8-15/h2-3,5-9,11-12H,4,10H2,1H3,(H,18,19)/t11-,12+/m1/s1. The fraction of sp³-hybridized carbons (Fsp3) is 0.312. The molecule has 0 saturated heterocycles. The van der Waals surface area contributed by atoms with Crippen molar-refractivity contribution in [3.05, 3.63) is 36.8 Å². The molecule has 5 nitrogen and oxygen atoms in total. The number of aromatic nitrogens is 4. The topological polar surface area (TPSA) is 58.9 Å². The van der Waals surface area contributed by atoms with E-state index in [0.29, 0.717) is 12.0 Å². The van der Waals surface area contributed by atoms with E-state index in [9.17, 15) is 0 Å². The summed E-state index contributed by atoms with van der Waals surface area (Å²) in [6.45, 7) is 3.07. The minimum Gasteiger partial charge on any atom is -0.294 e. The highest BCUT2D eigenvalue weighted by molar-refractivity contribution is 5.84. The molecular formula is C16H17N5. The summed E-state index contributed by atoms with van der Waals surface area (Å²) in [6, 6.07) is 6.87. The molecule has 1 aromatic carbocycles. The molecule has 21 heavy (non-hydrogen) atoms. The van der Waals surface area contributed by atoms with Crippen LogP contribution in [0.5, 0.6) is 0 Å². The maximum absolute atomic E-state index is 4.54. The third kappa shape index (κ3) is 2.24. The highest BCUT2D eigenvalue weighted by Crippen LogP contribution is 2.25. The number of hydrogen-bond donors (Lipinski definition) is 1. The van der Waals surface area contributed by atoms with Crippen molar-refractivity contribution in [3.8, 4) is 11.1 Å². The zero-order valence-corrected chi connectivity index (χ0v) is 11.9. The molecule has 0 radical (unpaired) electrons. The van der Waals surface area contributed by atoms with Gasteiger partial charge in [-0.3, -0.25) is 14.8 Å². The summed E-state index contributed by atoms with van der Waals surface area (Å²) in [6.07, 6.45) is 8.88. The first kappa shape index (κ1) is 12.3. The first-order valence-corrected chi connectivity index (χ1v) is 7.27. The van der Waals surface area contributed by atoms with Crippen molar-refractivity contribution in [2.45, 2.75) is 25.9 Å². The van der Waals surface area contributed by atoms with Crippen LogP contribution in [-0.2, 0) is 6.54 Å². The Balaban J connectivity index is 1.65. The van der Waals surface area contributed by atoms with Crippen LogP contribution in [0.1, 0.15) is 13.3 Å². The number of nitrogens with one attached hydrogen (secondary N) is 1. The van der Waals surface area contributed by atoms with Gasteiger partial charge in [0.25, 0.3) is 0 Å². The van der Waals surface area contributed by atoms with E-state index < -0.39 is 0 Å². The lowest BCUT2D eigenvalue weighted by Gasteiger charge is -2.09. The van der Waals surface area contributed by atoms with Crippen LogP contribution in [0.2, 0.25) is 0 Å². The van der Waals surface area contributed by atoms with Crippen molar-refractivity contribution in [1.82, 2.24) is 20.0 Å². The van der Waals surface area contributed by atoms with Crippen molar-refractivity contribution >= 4 is 17.1 Å². The lowest BCUT2D eigenvalue weighted by molar-refractivity contribution is 0.499. The molecule has 0 unspecified atom stereocenters. The van der Waals surface area contributed by atoms with Gasteiger partial charge >= 0.3 is 0 Å². The van der Waals surface area contributed by atoms with E-state index in [1.807, 2.05) is 18.6 Å². The molecule has 1 aliphatic heterocycles. The average molecular weight is 279 g/mol. The SMILES string of the molecule is C[C@@H]1C[C@H](Cn2ncc3cc(-c4cn[nH]c4)ccc32)C=N1. The van der Waals surface area contributed by atoms with Crippen molar-refractivity contribution < 1.29 is 0 Å². The van der Waals surface area contributed by atoms with Gasteiger partial charge in [-0.1, -0.05) is 6.07 Å². The first-order chi connectivity index (χ1) is 10.3. The van der Waals surface area contributed by atoms with Crippen molar-refractivity contribution in [3.63, 3.8) is 0 Å². The lowest BCUT2D eigenvalue weighted by atomic mass is 10.1. The molecule has 0 fully saturated rings. The number of aliphatic imine (C=N–C) groups is 1. The zero-order valence-electron chi connectivity index (χ0n) is 11.9. The van der Waals surface area contributed by atoms with Gasteiger partial charge in [0.1, 0.15) is 0 Å². The summed E-state index contributed by atoms with van der Waals surface area (Å²) >= 11 is 0. The number of hydrogen-bond acceptors (Lipinski definition) is 3.